The van der Waals surface area contributed by atoms with Gasteiger partial charge in [-0.05, 0) is 23.3 Å². The first-order valence-electron chi connectivity index (χ1n) is 7.94. The molecule has 7 heteroatoms. The van der Waals surface area contributed by atoms with E-state index in [-0.39, 0.29) is 5.56 Å². The average Bonchev–Trinajstić information content (AvgIpc) is 2.64. The standard InChI is InChI=1S/C19H16ClNO5/c1-19(21(24)25)16(11-7-9-12(20)10-8-11)15(18(23)26-2)13-5-3-4-6-14(13)17(19)22/h3-10,15-16H,1-2H3/t15-,16-,19+/m1/s1. The lowest BCUT2D eigenvalue weighted by Crippen LogP contribution is -2.55. The summed E-state index contributed by atoms with van der Waals surface area (Å²) in [4.78, 5) is 37.1. The minimum atomic E-state index is -2.01. The van der Waals surface area contributed by atoms with Crippen LogP contribution in [-0.2, 0) is 9.53 Å². The van der Waals surface area contributed by atoms with Gasteiger partial charge in [-0.3, -0.25) is 19.7 Å². The topological polar surface area (TPSA) is 86.5 Å². The molecule has 0 aromatic heterocycles. The Hall–Kier alpha value is -2.73. The number of methoxy groups -OCH3 is 1. The summed E-state index contributed by atoms with van der Waals surface area (Å²) in [7, 11) is 1.23. The van der Waals surface area contributed by atoms with Crippen molar-refractivity contribution in [2.75, 3.05) is 7.11 Å². The van der Waals surface area contributed by atoms with E-state index in [4.69, 9.17) is 16.3 Å². The first-order valence-corrected chi connectivity index (χ1v) is 8.31. The fourth-order valence-corrected chi connectivity index (χ4v) is 3.79. The van der Waals surface area contributed by atoms with Crippen LogP contribution in [0, 0.1) is 10.1 Å². The Morgan fingerprint density at radius 1 is 1.19 bits per heavy atom. The number of halogens is 1. The van der Waals surface area contributed by atoms with Crippen molar-refractivity contribution in [3.8, 4) is 0 Å². The number of fused-ring (bicyclic) bond motifs is 1. The first-order chi connectivity index (χ1) is 12.3. The normalized spacial score (nSPS) is 24.7. The van der Waals surface area contributed by atoms with Crippen LogP contribution in [0.4, 0.5) is 0 Å². The van der Waals surface area contributed by atoms with E-state index in [1.165, 1.54) is 20.1 Å². The van der Waals surface area contributed by atoms with Gasteiger partial charge in [-0.1, -0.05) is 48.0 Å². The van der Waals surface area contributed by atoms with Crippen LogP contribution in [0.15, 0.2) is 48.5 Å². The summed E-state index contributed by atoms with van der Waals surface area (Å²) in [6.07, 6.45) is 0. The molecule has 134 valence electrons. The van der Waals surface area contributed by atoms with Crippen molar-refractivity contribution in [3.05, 3.63) is 80.4 Å². The maximum atomic E-state index is 13.1. The van der Waals surface area contributed by atoms with Gasteiger partial charge in [0, 0.05) is 22.4 Å². The summed E-state index contributed by atoms with van der Waals surface area (Å²) < 4.78 is 4.93. The van der Waals surface area contributed by atoms with E-state index in [1.54, 1.807) is 42.5 Å². The van der Waals surface area contributed by atoms with Gasteiger partial charge in [-0.15, -0.1) is 0 Å². The third kappa shape index (κ3) is 2.57. The molecule has 0 heterocycles. The fraction of sp³-hybridized carbons (Fsp3) is 0.263. The highest BCUT2D eigenvalue weighted by Crippen LogP contribution is 2.49. The largest absolute Gasteiger partial charge is 0.469 e. The van der Waals surface area contributed by atoms with Crippen LogP contribution < -0.4 is 0 Å². The Labute approximate surface area is 154 Å². The van der Waals surface area contributed by atoms with E-state index in [0.29, 0.717) is 16.1 Å². The molecule has 0 radical (unpaired) electrons. The quantitative estimate of drug-likeness (QED) is 0.466. The predicted octanol–water partition coefficient (Wildman–Crippen LogP) is 3.61. The SMILES string of the molecule is COC(=O)[C@@H]1c2ccccc2C(=O)[C@@](C)([N+](=O)[O-])[C@@H]1c1ccc(Cl)cc1. The number of nitro groups is 1. The summed E-state index contributed by atoms with van der Waals surface area (Å²) in [6, 6.07) is 12.8. The van der Waals surface area contributed by atoms with Gasteiger partial charge in [0.15, 0.2) is 0 Å². The van der Waals surface area contributed by atoms with Crippen LogP contribution in [-0.4, -0.2) is 29.3 Å². The number of carbonyl (C=O) groups is 2. The highest BCUT2D eigenvalue weighted by molar-refractivity contribution is 6.30. The van der Waals surface area contributed by atoms with Crippen LogP contribution in [0.25, 0.3) is 0 Å². The number of ketones is 1. The van der Waals surface area contributed by atoms with Gasteiger partial charge in [0.1, 0.15) is 0 Å². The lowest BCUT2D eigenvalue weighted by molar-refractivity contribution is -0.551. The summed E-state index contributed by atoms with van der Waals surface area (Å²) in [5.74, 6) is -3.26. The lowest BCUT2D eigenvalue weighted by Gasteiger charge is -2.38. The number of rotatable bonds is 3. The molecular weight excluding hydrogens is 358 g/mol. The van der Waals surface area contributed by atoms with Crippen LogP contribution in [0.5, 0.6) is 0 Å². The molecule has 0 amide bonds. The fourth-order valence-electron chi connectivity index (χ4n) is 3.67. The molecule has 2 aromatic carbocycles. The highest BCUT2D eigenvalue weighted by atomic mass is 35.5. The molecule has 0 saturated carbocycles. The molecule has 0 fully saturated rings. The molecule has 0 aliphatic heterocycles. The summed E-state index contributed by atoms with van der Waals surface area (Å²) in [5, 5.41) is 12.5. The Balaban J connectivity index is 2.34. The molecule has 0 spiro atoms. The molecule has 1 aliphatic rings. The van der Waals surface area contributed by atoms with Gasteiger partial charge in [0.05, 0.1) is 18.9 Å². The van der Waals surface area contributed by atoms with E-state index < -0.39 is 34.1 Å². The smallest absolute Gasteiger partial charge is 0.314 e. The molecule has 0 N–H and O–H groups in total. The Bertz CT molecular complexity index is 895. The molecule has 6 nitrogen and oxygen atoms in total. The summed E-state index contributed by atoms with van der Waals surface area (Å²) in [6.45, 7) is 1.26. The minimum Gasteiger partial charge on any atom is -0.469 e. The first kappa shape index (κ1) is 18.1. The van der Waals surface area contributed by atoms with Gasteiger partial charge in [-0.25, -0.2) is 0 Å². The number of ether oxygens (including phenoxy) is 1. The van der Waals surface area contributed by atoms with Crippen molar-refractivity contribution in [2.24, 2.45) is 0 Å². The van der Waals surface area contributed by atoms with E-state index in [2.05, 4.69) is 0 Å². The zero-order valence-corrected chi connectivity index (χ0v) is 14.9. The van der Waals surface area contributed by atoms with E-state index in [9.17, 15) is 19.7 Å². The molecule has 0 bridgehead atoms. The van der Waals surface area contributed by atoms with Gasteiger partial charge < -0.3 is 4.74 Å². The average molecular weight is 374 g/mol. The number of carbonyl (C=O) groups excluding carboxylic acids is 2. The number of nitrogens with zero attached hydrogens (tertiary/aromatic N) is 1. The number of hydrogen-bond acceptors (Lipinski definition) is 5. The molecular formula is C19H16ClNO5. The lowest BCUT2D eigenvalue weighted by atomic mass is 9.62. The minimum absolute atomic E-state index is 0.173. The second-order valence-corrected chi connectivity index (χ2v) is 6.79. The number of Topliss-reactive ketones (excluding diaryl/α,β-unsaturated/α-hetero) is 1. The summed E-state index contributed by atoms with van der Waals surface area (Å²) >= 11 is 5.93. The predicted molar refractivity (Wildman–Crippen MR) is 95.1 cm³/mol. The Morgan fingerprint density at radius 3 is 2.38 bits per heavy atom. The van der Waals surface area contributed by atoms with Crippen molar-refractivity contribution in [1.29, 1.82) is 0 Å². The van der Waals surface area contributed by atoms with Gasteiger partial charge >= 0.3 is 5.97 Å². The molecule has 26 heavy (non-hydrogen) atoms. The molecule has 0 saturated heterocycles. The molecule has 3 atom stereocenters. The van der Waals surface area contributed by atoms with Crippen molar-refractivity contribution < 1.29 is 19.2 Å². The van der Waals surface area contributed by atoms with Crippen molar-refractivity contribution >= 4 is 23.4 Å². The zero-order valence-electron chi connectivity index (χ0n) is 14.1. The van der Waals surface area contributed by atoms with Crippen LogP contribution in [0.2, 0.25) is 5.02 Å². The van der Waals surface area contributed by atoms with Crippen molar-refractivity contribution in [2.45, 2.75) is 24.3 Å². The number of benzene rings is 2. The monoisotopic (exact) mass is 373 g/mol. The second-order valence-electron chi connectivity index (χ2n) is 6.35. The van der Waals surface area contributed by atoms with Crippen LogP contribution in [0.1, 0.15) is 40.2 Å². The highest BCUT2D eigenvalue weighted by Gasteiger charge is 2.62. The number of esters is 1. The van der Waals surface area contributed by atoms with Gasteiger partial charge in [0.2, 0.25) is 5.78 Å². The second kappa shape index (κ2) is 6.53. The van der Waals surface area contributed by atoms with Crippen molar-refractivity contribution in [3.63, 3.8) is 0 Å². The maximum absolute atomic E-state index is 13.1. The molecule has 0 unspecified atom stereocenters. The maximum Gasteiger partial charge on any atom is 0.314 e. The Kier molecular flexibility index (Phi) is 4.54. The van der Waals surface area contributed by atoms with Gasteiger partial charge in [-0.2, -0.15) is 0 Å². The molecule has 2 aromatic rings. The van der Waals surface area contributed by atoms with E-state index >= 15 is 0 Å². The van der Waals surface area contributed by atoms with E-state index in [0.717, 1.165) is 0 Å². The zero-order chi connectivity index (χ0) is 19.1. The third-order valence-corrected chi connectivity index (χ3v) is 5.25. The Morgan fingerprint density at radius 2 is 1.81 bits per heavy atom. The molecule has 1 aliphatic carbocycles. The van der Waals surface area contributed by atoms with Crippen LogP contribution in [0.3, 0.4) is 0 Å². The van der Waals surface area contributed by atoms with Crippen molar-refractivity contribution in [1.82, 2.24) is 0 Å². The van der Waals surface area contributed by atoms with E-state index in [1.807, 2.05) is 0 Å². The van der Waals surface area contributed by atoms with Gasteiger partial charge in [0.25, 0.3) is 5.54 Å². The molecule has 3 rings (SSSR count). The summed E-state index contributed by atoms with van der Waals surface area (Å²) in [5.41, 5.74) is -0.927. The third-order valence-electron chi connectivity index (χ3n) is 5.00. The van der Waals surface area contributed by atoms with Crippen LogP contribution >= 0.6 is 11.6 Å². The number of hydrogen-bond donors (Lipinski definition) is 0.